The monoisotopic (exact) mass is 315 g/mol. The molecule has 0 spiro atoms. The number of sulfonamides is 1. The van der Waals surface area contributed by atoms with Gasteiger partial charge in [-0.1, -0.05) is 6.92 Å². The molecule has 0 saturated carbocycles. The van der Waals surface area contributed by atoms with E-state index in [1.807, 2.05) is 0 Å². The van der Waals surface area contributed by atoms with E-state index in [2.05, 4.69) is 16.5 Å². The van der Waals surface area contributed by atoms with Crippen molar-refractivity contribution >= 4 is 15.7 Å². The van der Waals surface area contributed by atoms with E-state index in [9.17, 15) is 12.8 Å². The van der Waals surface area contributed by atoms with Gasteiger partial charge in [0.15, 0.2) is 0 Å². The van der Waals surface area contributed by atoms with Gasteiger partial charge in [0.25, 0.3) is 0 Å². The minimum atomic E-state index is -3.71. The Morgan fingerprint density at radius 2 is 2.00 bits per heavy atom. The number of hydrogen-bond acceptors (Lipinski definition) is 4. The maximum atomic E-state index is 13.2. The summed E-state index contributed by atoms with van der Waals surface area (Å²) in [6, 6.07) is 3.32. The van der Waals surface area contributed by atoms with E-state index in [0.717, 1.165) is 44.0 Å². The molecule has 1 aromatic carbocycles. The van der Waals surface area contributed by atoms with Crippen LogP contribution in [0.3, 0.4) is 0 Å². The SMILES string of the molecule is CC1CCN(CCNS(=O)(=O)c2cc(N)cc(F)c2)CC1. The minimum Gasteiger partial charge on any atom is -0.399 e. The van der Waals surface area contributed by atoms with Crippen molar-refractivity contribution in [3.8, 4) is 0 Å². The lowest BCUT2D eigenvalue weighted by Gasteiger charge is -2.30. The molecule has 3 N–H and O–H groups in total. The number of hydrogen-bond donors (Lipinski definition) is 2. The third-order valence-corrected chi connectivity index (χ3v) is 5.24. The van der Waals surface area contributed by atoms with Gasteiger partial charge in [0.05, 0.1) is 4.90 Å². The Balaban J connectivity index is 1.89. The number of nitrogens with one attached hydrogen (secondary N) is 1. The third kappa shape index (κ3) is 4.66. The smallest absolute Gasteiger partial charge is 0.240 e. The van der Waals surface area contributed by atoms with Gasteiger partial charge in [-0.05, 0) is 50.0 Å². The van der Waals surface area contributed by atoms with Gasteiger partial charge in [0.1, 0.15) is 5.82 Å². The number of piperidine rings is 1. The van der Waals surface area contributed by atoms with Gasteiger partial charge in [-0.3, -0.25) is 0 Å². The first-order valence-electron chi connectivity index (χ1n) is 7.15. The average molecular weight is 315 g/mol. The predicted octanol–water partition coefficient (Wildman–Crippen LogP) is 1.42. The van der Waals surface area contributed by atoms with Gasteiger partial charge in [0, 0.05) is 18.8 Å². The van der Waals surface area contributed by atoms with Crippen LogP contribution in [0, 0.1) is 11.7 Å². The second-order valence-electron chi connectivity index (χ2n) is 5.64. The van der Waals surface area contributed by atoms with Crippen LogP contribution in [0.15, 0.2) is 23.1 Å². The van der Waals surface area contributed by atoms with Crippen LogP contribution in [-0.2, 0) is 10.0 Å². The topological polar surface area (TPSA) is 75.4 Å². The molecular weight excluding hydrogens is 293 g/mol. The summed E-state index contributed by atoms with van der Waals surface area (Å²) in [4.78, 5) is 2.11. The molecule has 118 valence electrons. The number of anilines is 1. The average Bonchev–Trinajstić information content (AvgIpc) is 2.40. The molecule has 0 aliphatic carbocycles. The van der Waals surface area contributed by atoms with Gasteiger partial charge in [0.2, 0.25) is 10.0 Å². The van der Waals surface area contributed by atoms with Crippen molar-refractivity contribution in [3.63, 3.8) is 0 Å². The summed E-state index contributed by atoms with van der Waals surface area (Å²) in [6.45, 7) is 5.20. The standard InChI is InChI=1S/C14H22FN3O2S/c1-11-2-5-18(6-3-11)7-4-17-21(19,20)14-9-12(15)8-13(16)10-14/h8-11,17H,2-7,16H2,1H3. The maximum Gasteiger partial charge on any atom is 0.240 e. The molecule has 0 bridgehead atoms. The van der Waals surface area contributed by atoms with Crippen LogP contribution in [0.1, 0.15) is 19.8 Å². The highest BCUT2D eigenvalue weighted by atomic mass is 32.2. The Morgan fingerprint density at radius 1 is 1.33 bits per heavy atom. The molecule has 1 saturated heterocycles. The fourth-order valence-corrected chi connectivity index (χ4v) is 3.53. The molecule has 0 radical (unpaired) electrons. The number of halogens is 1. The molecule has 0 amide bonds. The highest BCUT2D eigenvalue weighted by Gasteiger charge is 2.18. The van der Waals surface area contributed by atoms with Crippen LogP contribution < -0.4 is 10.5 Å². The summed E-state index contributed by atoms with van der Waals surface area (Å²) in [7, 11) is -3.71. The van der Waals surface area contributed by atoms with Crippen molar-refractivity contribution in [1.29, 1.82) is 0 Å². The van der Waals surface area contributed by atoms with Crippen molar-refractivity contribution in [1.82, 2.24) is 9.62 Å². The summed E-state index contributed by atoms with van der Waals surface area (Å²) in [5.74, 6) is 0.0913. The lowest BCUT2D eigenvalue weighted by atomic mass is 9.99. The highest BCUT2D eigenvalue weighted by molar-refractivity contribution is 7.89. The van der Waals surface area contributed by atoms with Crippen LogP contribution in [0.4, 0.5) is 10.1 Å². The van der Waals surface area contributed by atoms with Gasteiger partial charge >= 0.3 is 0 Å². The minimum absolute atomic E-state index is 0.0976. The van der Waals surface area contributed by atoms with Crippen LogP contribution in [0.5, 0.6) is 0 Å². The molecule has 7 heteroatoms. The first kappa shape index (κ1) is 16.2. The van der Waals surface area contributed by atoms with Gasteiger partial charge in [-0.2, -0.15) is 0 Å². The molecule has 2 rings (SSSR count). The molecular formula is C14H22FN3O2S. The normalized spacial score (nSPS) is 18.0. The Kier molecular flexibility index (Phi) is 5.18. The van der Waals surface area contributed by atoms with Crippen LogP contribution >= 0.6 is 0 Å². The van der Waals surface area contributed by atoms with Crippen molar-refractivity contribution in [2.75, 3.05) is 31.9 Å². The number of nitrogens with two attached hydrogens (primary N) is 1. The van der Waals surface area contributed by atoms with Gasteiger partial charge < -0.3 is 10.6 Å². The third-order valence-electron chi connectivity index (χ3n) is 3.80. The highest BCUT2D eigenvalue weighted by Crippen LogP contribution is 2.17. The van der Waals surface area contributed by atoms with Crippen molar-refractivity contribution in [2.45, 2.75) is 24.7 Å². The number of benzene rings is 1. The largest absolute Gasteiger partial charge is 0.399 e. The zero-order valence-electron chi connectivity index (χ0n) is 12.2. The van der Waals surface area contributed by atoms with E-state index in [4.69, 9.17) is 5.73 Å². The van der Waals surface area contributed by atoms with Gasteiger partial charge in [-0.25, -0.2) is 17.5 Å². The van der Waals surface area contributed by atoms with Crippen molar-refractivity contribution in [3.05, 3.63) is 24.0 Å². The Labute approximate surface area is 125 Å². The molecule has 5 nitrogen and oxygen atoms in total. The Bertz CT molecular complexity index is 564. The first-order chi connectivity index (χ1) is 9.87. The van der Waals surface area contributed by atoms with E-state index in [1.165, 1.54) is 6.07 Å². The van der Waals surface area contributed by atoms with E-state index in [0.29, 0.717) is 13.1 Å². The summed E-state index contributed by atoms with van der Waals surface area (Å²) in [5, 5.41) is 0. The van der Waals surface area contributed by atoms with Crippen molar-refractivity contribution < 1.29 is 12.8 Å². The molecule has 0 atom stereocenters. The molecule has 0 aromatic heterocycles. The lowest BCUT2D eigenvalue weighted by Crippen LogP contribution is -2.39. The Morgan fingerprint density at radius 3 is 2.62 bits per heavy atom. The molecule has 21 heavy (non-hydrogen) atoms. The number of nitrogen functional groups attached to an aromatic ring is 1. The van der Waals surface area contributed by atoms with E-state index in [-0.39, 0.29) is 10.6 Å². The number of likely N-dealkylation sites (tertiary alicyclic amines) is 1. The lowest BCUT2D eigenvalue weighted by molar-refractivity contribution is 0.195. The number of rotatable bonds is 5. The number of nitrogens with zero attached hydrogens (tertiary/aromatic N) is 1. The second kappa shape index (κ2) is 6.72. The van der Waals surface area contributed by atoms with Crippen LogP contribution in [0.25, 0.3) is 0 Å². The summed E-state index contributed by atoms with van der Waals surface area (Å²) in [5.41, 5.74) is 5.57. The molecule has 0 unspecified atom stereocenters. The molecule has 1 fully saturated rings. The molecule has 1 aliphatic heterocycles. The second-order valence-corrected chi connectivity index (χ2v) is 7.41. The zero-order chi connectivity index (χ0) is 15.5. The summed E-state index contributed by atoms with van der Waals surface area (Å²) < 4.78 is 39.9. The molecule has 1 aliphatic rings. The summed E-state index contributed by atoms with van der Waals surface area (Å²) >= 11 is 0. The summed E-state index contributed by atoms with van der Waals surface area (Å²) in [6.07, 6.45) is 2.29. The first-order valence-corrected chi connectivity index (χ1v) is 8.63. The van der Waals surface area contributed by atoms with Crippen LogP contribution in [0.2, 0.25) is 0 Å². The predicted molar refractivity (Wildman–Crippen MR) is 80.8 cm³/mol. The van der Waals surface area contributed by atoms with E-state index in [1.54, 1.807) is 0 Å². The molecule has 1 heterocycles. The van der Waals surface area contributed by atoms with Gasteiger partial charge in [-0.15, -0.1) is 0 Å². The van der Waals surface area contributed by atoms with Crippen LogP contribution in [-0.4, -0.2) is 39.5 Å². The van der Waals surface area contributed by atoms with E-state index >= 15 is 0 Å². The zero-order valence-corrected chi connectivity index (χ0v) is 13.0. The van der Waals surface area contributed by atoms with Crippen molar-refractivity contribution in [2.24, 2.45) is 5.92 Å². The quantitative estimate of drug-likeness (QED) is 0.806. The maximum absolute atomic E-state index is 13.2. The Hall–Kier alpha value is -1.18. The fraction of sp³-hybridized carbons (Fsp3) is 0.571. The fourth-order valence-electron chi connectivity index (χ4n) is 2.45. The molecule has 1 aromatic rings. The van der Waals surface area contributed by atoms with E-state index < -0.39 is 15.8 Å².